The second-order valence-electron chi connectivity index (χ2n) is 9.35. The number of amides is 1. The van der Waals surface area contributed by atoms with E-state index in [0.717, 1.165) is 45.3 Å². The number of carbonyl (C=O) groups is 1. The van der Waals surface area contributed by atoms with Crippen LogP contribution in [0.15, 0.2) is 0 Å². The second kappa shape index (κ2) is 6.40. The van der Waals surface area contributed by atoms with E-state index in [1.165, 1.54) is 19.1 Å². The highest BCUT2D eigenvalue weighted by Crippen LogP contribution is 2.55. The van der Waals surface area contributed by atoms with Crippen molar-refractivity contribution in [1.29, 1.82) is 0 Å². The van der Waals surface area contributed by atoms with Crippen molar-refractivity contribution in [3.8, 4) is 0 Å². The molecule has 5 fully saturated rings. The Balaban J connectivity index is 1.25. The lowest BCUT2D eigenvalue weighted by Crippen LogP contribution is -2.55. The third-order valence-electron chi connectivity index (χ3n) is 7.79. The van der Waals surface area contributed by atoms with Crippen molar-refractivity contribution in [2.24, 2.45) is 11.8 Å². The summed E-state index contributed by atoms with van der Waals surface area (Å²) in [6.45, 7) is 4.23. The summed E-state index contributed by atoms with van der Waals surface area (Å²) >= 11 is 0. The van der Waals surface area contributed by atoms with Crippen molar-refractivity contribution in [2.45, 2.75) is 56.3 Å². The average molecular weight is 398 g/mol. The van der Waals surface area contributed by atoms with E-state index in [0.29, 0.717) is 31.6 Å². The van der Waals surface area contributed by atoms with Gasteiger partial charge < -0.3 is 9.64 Å². The fraction of sp³-hybridized carbons (Fsp3) is 0.947. The first-order chi connectivity index (χ1) is 12.9. The summed E-state index contributed by atoms with van der Waals surface area (Å²) < 4.78 is 32.1. The third-order valence-corrected chi connectivity index (χ3v) is 9.01. The number of hydrogen-bond acceptors (Lipinski definition) is 5. The molecule has 5 aliphatic rings. The van der Waals surface area contributed by atoms with E-state index in [1.807, 2.05) is 0 Å². The molecule has 1 spiro atoms. The molecule has 4 aliphatic heterocycles. The zero-order valence-corrected chi connectivity index (χ0v) is 17.0. The minimum atomic E-state index is -3.18. The molecule has 4 saturated heterocycles. The second-order valence-corrected chi connectivity index (χ2v) is 11.3. The summed E-state index contributed by atoms with van der Waals surface area (Å²) in [5, 5.41) is 0. The van der Waals surface area contributed by atoms with Gasteiger partial charge in [0, 0.05) is 50.6 Å². The van der Waals surface area contributed by atoms with Crippen LogP contribution in [0, 0.1) is 11.8 Å². The van der Waals surface area contributed by atoms with Crippen molar-refractivity contribution < 1.29 is 17.9 Å². The summed E-state index contributed by atoms with van der Waals surface area (Å²) in [6, 6.07) is 0.465. The van der Waals surface area contributed by atoms with E-state index >= 15 is 0 Å². The van der Waals surface area contributed by atoms with Crippen LogP contribution in [0.4, 0.5) is 0 Å². The molecule has 4 atom stereocenters. The van der Waals surface area contributed by atoms with Crippen LogP contribution in [0.5, 0.6) is 0 Å². The molecule has 0 aromatic rings. The zero-order valence-electron chi connectivity index (χ0n) is 16.2. The first-order valence-electron chi connectivity index (χ1n) is 10.5. The molecule has 1 aliphatic carbocycles. The van der Waals surface area contributed by atoms with Gasteiger partial charge in [0.25, 0.3) is 0 Å². The normalized spacial score (nSPS) is 41.0. The quantitative estimate of drug-likeness (QED) is 0.691. The van der Waals surface area contributed by atoms with Crippen LogP contribution in [-0.4, -0.2) is 91.7 Å². The first kappa shape index (κ1) is 18.3. The molecule has 0 N–H and O–H groups in total. The molecule has 7 nitrogen and oxygen atoms in total. The van der Waals surface area contributed by atoms with Crippen LogP contribution < -0.4 is 0 Å². The van der Waals surface area contributed by atoms with Crippen molar-refractivity contribution in [3.63, 3.8) is 0 Å². The number of carbonyl (C=O) groups excluding carboxylic acids is 1. The average Bonchev–Trinajstić information content (AvgIpc) is 3.36. The molecule has 0 aromatic heterocycles. The molecular weight excluding hydrogens is 366 g/mol. The third kappa shape index (κ3) is 3.03. The fourth-order valence-electron chi connectivity index (χ4n) is 6.44. The van der Waals surface area contributed by atoms with Gasteiger partial charge in [0.1, 0.15) is 0 Å². The lowest BCUT2D eigenvalue weighted by molar-refractivity contribution is -0.139. The van der Waals surface area contributed by atoms with Crippen LogP contribution in [0.1, 0.15) is 38.5 Å². The highest BCUT2D eigenvalue weighted by Gasteiger charge is 2.64. The van der Waals surface area contributed by atoms with Gasteiger partial charge in [-0.15, -0.1) is 0 Å². The lowest BCUT2D eigenvalue weighted by atomic mass is 9.73. The number of rotatable bonds is 4. The van der Waals surface area contributed by atoms with Gasteiger partial charge in [-0.05, 0) is 25.7 Å². The maximum absolute atomic E-state index is 12.7. The smallest absolute Gasteiger partial charge is 0.237 e. The van der Waals surface area contributed by atoms with Crippen molar-refractivity contribution >= 4 is 15.9 Å². The molecule has 5 rings (SSSR count). The van der Waals surface area contributed by atoms with Crippen LogP contribution >= 0.6 is 0 Å². The molecule has 1 amide bonds. The molecule has 0 aromatic carbocycles. The van der Waals surface area contributed by atoms with Crippen LogP contribution in [0.2, 0.25) is 0 Å². The Morgan fingerprint density at radius 3 is 2.67 bits per heavy atom. The first-order valence-corrected chi connectivity index (χ1v) is 12.4. The monoisotopic (exact) mass is 397 g/mol. The molecule has 152 valence electrons. The maximum Gasteiger partial charge on any atom is 0.237 e. The molecular formula is C19H31N3O4S. The Morgan fingerprint density at radius 2 is 1.96 bits per heavy atom. The van der Waals surface area contributed by atoms with Gasteiger partial charge >= 0.3 is 0 Å². The standard InChI is InChI=1S/C19H31N3O4S/c1-27(24,25)21-11-16-15(17-6-7-19(16,13-21)26-17)10-20-8-9-22(18(23)12-20)14-4-2-3-5-14/h14-17H,2-13H2,1H3/t15-,16+,17+,19+/m0/s1. The summed E-state index contributed by atoms with van der Waals surface area (Å²) in [5.74, 6) is 0.890. The molecule has 4 heterocycles. The molecule has 8 heteroatoms. The lowest BCUT2D eigenvalue weighted by Gasteiger charge is -2.40. The number of hydrogen-bond donors (Lipinski definition) is 0. The van der Waals surface area contributed by atoms with E-state index in [2.05, 4.69) is 9.80 Å². The predicted molar refractivity (Wildman–Crippen MR) is 101 cm³/mol. The number of ether oxygens (including phenoxy) is 1. The van der Waals surface area contributed by atoms with Crippen molar-refractivity contribution in [1.82, 2.24) is 14.1 Å². The van der Waals surface area contributed by atoms with E-state index < -0.39 is 10.0 Å². The van der Waals surface area contributed by atoms with E-state index in [9.17, 15) is 13.2 Å². The van der Waals surface area contributed by atoms with Crippen molar-refractivity contribution in [3.05, 3.63) is 0 Å². The van der Waals surface area contributed by atoms with Gasteiger partial charge in [0.05, 0.1) is 24.5 Å². The maximum atomic E-state index is 12.7. The molecule has 2 bridgehead atoms. The number of nitrogens with zero attached hydrogens (tertiary/aromatic N) is 3. The van der Waals surface area contributed by atoms with Gasteiger partial charge in [-0.2, -0.15) is 4.31 Å². The highest BCUT2D eigenvalue weighted by molar-refractivity contribution is 7.88. The zero-order chi connectivity index (χ0) is 18.8. The van der Waals surface area contributed by atoms with Gasteiger partial charge in [-0.25, -0.2) is 8.42 Å². The van der Waals surface area contributed by atoms with E-state index in [1.54, 1.807) is 4.31 Å². The Kier molecular flexibility index (Phi) is 4.35. The van der Waals surface area contributed by atoms with Crippen LogP contribution in [0.3, 0.4) is 0 Å². The summed E-state index contributed by atoms with van der Waals surface area (Å²) in [5.41, 5.74) is -0.270. The summed E-state index contributed by atoms with van der Waals surface area (Å²) in [7, 11) is -3.18. The minimum absolute atomic E-state index is 0.236. The topological polar surface area (TPSA) is 70.2 Å². The van der Waals surface area contributed by atoms with Crippen LogP contribution in [0.25, 0.3) is 0 Å². The Morgan fingerprint density at radius 1 is 1.19 bits per heavy atom. The summed E-state index contributed by atoms with van der Waals surface area (Å²) in [4.78, 5) is 17.1. The van der Waals surface area contributed by atoms with Crippen molar-refractivity contribution in [2.75, 3.05) is 45.5 Å². The van der Waals surface area contributed by atoms with Gasteiger partial charge in [-0.3, -0.25) is 9.69 Å². The van der Waals surface area contributed by atoms with Gasteiger partial charge in [0.2, 0.25) is 15.9 Å². The largest absolute Gasteiger partial charge is 0.370 e. The van der Waals surface area contributed by atoms with E-state index in [4.69, 9.17) is 4.74 Å². The Hall–Kier alpha value is -0.700. The van der Waals surface area contributed by atoms with Gasteiger partial charge in [0.15, 0.2) is 0 Å². The van der Waals surface area contributed by atoms with E-state index in [-0.39, 0.29) is 23.5 Å². The number of fused-ring (bicyclic) bond motifs is 1. The SMILES string of the molecule is CS(=O)(=O)N1C[C@@H]2[C@H](CN3CCN(C4CCCC4)C(=O)C3)[C@H]3CC[C@]2(C1)O3. The number of piperazine rings is 1. The predicted octanol–water partition coefficient (Wildman–Crippen LogP) is 0.512. The fourth-order valence-corrected chi connectivity index (χ4v) is 7.32. The van der Waals surface area contributed by atoms with Crippen LogP contribution in [-0.2, 0) is 19.6 Å². The minimum Gasteiger partial charge on any atom is -0.370 e. The molecule has 1 saturated carbocycles. The molecule has 0 radical (unpaired) electrons. The summed E-state index contributed by atoms with van der Waals surface area (Å²) in [6.07, 6.45) is 8.35. The van der Waals surface area contributed by atoms with Gasteiger partial charge in [-0.1, -0.05) is 12.8 Å². The molecule has 27 heavy (non-hydrogen) atoms. The Bertz CT molecular complexity index is 722. The Labute approximate surface area is 162 Å². The highest BCUT2D eigenvalue weighted by atomic mass is 32.2. The number of sulfonamides is 1. The molecule has 0 unspecified atom stereocenters.